The molecule has 1 atom stereocenters. The molecule has 1 aliphatic rings. The Morgan fingerprint density at radius 2 is 2.00 bits per heavy atom. The van der Waals surface area contributed by atoms with E-state index in [0.29, 0.717) is 18.9 Å². The molecule has 0 saturated carbocycles. The van der Waals surface area contributed by atoms with Crippen molar-refractivity contribution < 1.29 is 14.3 Å². The normalized spacial score (nSPS) is 16.0. The molecule has 2 heterocycles. The Bertz CT molecular complexity index is 860. The second-order valence-corrected chi connectivity index (χ2v) is 7.80. The first-order valence-electron chi connectivity index (χ1n) is 9.23. The molecule has 0 spiro atoms. The van der Waals surface area contributed by atoms with Gasteiger partial charge < -0.3 is 15.0 Å². The highest BCUT2D eigenvalue weighted by Crippen LogP contribution is 2.41. The van der Waals surface area contributed by atoms with E-state index in [2.05, 4.69) is 15.5 Å². The number of nitrogens with one attached hydrogen (secondary N) is 2. The van der Waals surface area contributed by atoms with Crippen LogP contribution in [-0.2, 0) is 21.6 Å². The summed E-state index contributed by atoms with van der Waals surface area (Å²) in [5.41, 5.74) is 1.92. The lowest BCUT2D eigenvalue weighted by molar-refractivity contribution is -0.114. The molecule has 8 heteroatoms. The Kier molecular flexibility index (Phi) is 5.42. The highest BCUT2D eigenvalue weighted by molar-refractivity contribution is 5.89. The topological polar surface area (TPSA) is 90.6 Å². The molecule has 1 unspecified atom stereocenters. The minimum Gasteiger partial charge on any atom is -0.440 e. The standard InChI is InChI=1S/C20H27N5O3/c1-13(26)21-18-15-11-25(20(2,3)17(15)22-23-18)19(27)28-16(12-24(4)5)14-9-7-6-8-10-14/h6-10,16H,11-12H2,1-5H3,(H2,21,22,23,26). The Hall–Kier alpha value is -2.87. The van der Waals surface area contributed by atoms with Gasteiger partial charge in [0.25, 0.3) is 0 Å². The lowest BCUT2D eigenvalue weighted by atomic mass is 10.0. The molecule has 0 aliphatic carbocycles. The van der Waals surface area contributed by atoms with Crippen molar-refractivity contribution in [2.75, 3.05) is 26.0 Å². The number of benzene rings is 1. The van der Waals surface area contributed by atoms with E-state index < -0.39 is 11.6 Å². The third-order valence-corrected chi connectivity index (χ3v) is 4.93. The first kappa shape index (κ1) is 19.9. The summed E-state index contributed by atoms with van der Waals surface area (Å²) in [7, 11) is 3.89. The largest absolute Gasteiger partial charge is 0.440 e. The number of nitrogens with zero attached hydrogens (tertiary/aromatic N) is 3. The van der Waals surface area contributed by atoms with E-state index in [1.807, 2.05) is 63.2 Å². The van der Waals surface area contributed by atoms with Crippen LogP contribution in [0, 0.1) is 0 Å². The monoisotopic (exact) mass is 385 g/mol. The van der Waals surface area contributed by atoms with Crippen molar-refractivity contribution in [1.82, 2.24) is 20.0 Å². The number of rotatable bonds is 5. The Labute approximate surface area is 164 Å². The first-order chi connectivity index (χ1) is 13.2. The Morgan fingerprint density at radius 3 is 2.61 bits per heavy atom. The molecular formula is C20H27N5O3. The van der Waals surface area contributed by atoms with E-state index in [0.717, 1.165) is 16.8 Å². The van der Waals surface area contributed by atoms with Crippen LogP contribution in [0.5, 0.6) is 0 Å². The van der Waals surface area contributed by atoms with Crippen LogP contribution in [0.3, 0.4) is 0 Å². The van der Waals surface area contributed by atoms with Crippen molar-refractivity contribution in [1.29, 1.82) is 0 Å². The predicted molar refractivity (Wildman–Crippen MR) is 106 cm³/mol. The number of aromatic nitrogens is 2. The number of ether oxygens (including phenoxy) is 1. The third-order valence-electron chi connectivity index (χ3n) is 4.93. The molecule has 2 aromatic rings. The van der Waals surface area contributed by atoms with Crippen molar-refractivity contribution in [3.8, 4) is 0 Å². The van der Waals surface area contributed by atoms with Gasteiger partial charge in [0.1, 0.15) is 6.10 Å². The maximum atomic E-state index is 13.1. The van der Waals surface area contributed by atoms with Gasteiger partial charge in [0.05, 0.1) is 17.8 Å². The molecule has 1 aliphatic heterocycles. The summed E-state index contributed by atoms with van der Waals surface area (Å²) < 4.78 is 5.91. The van der Waals surface area contributed by atoms with Gasteiger partial charge in [-0.2, -0.15) is 5.10 Å². The van der Waals surface area contributed by atoms with E-state index in [1.165, 1.54) is 6.92 Å². The number of carbonyl (C=O) groups is 2. The number of hydrogen-bond donors (Lipinski definition) is 2. The van der Waals surface area contributed by atoms with E-state index in [1.54, 1.807) is 4.90 Å². The maximum absolute atomic E-state index is 13.1. The molecule has 28 heavy (non-hydrogen) atoms. The number of H-pyrrole nitrogens is 1. The number of anilines is 1. The Balaban J connectivity index is 1.81. The summed E-state index contributed by atoms with van der Waals surface area (Å²) in [6.45, 7) is 6.18. The summed E-state index contributed by atoms with van der Waals surface area (Å²) in [4.78, 5) is 28.2. The molecule has 0 saturated heterocycles. The molecule has 1 aromatic carbocycles. The van der Waals surface area contributed by atoms with Crippen molar-refractivity contribution in [3.05, 3.63) is 47.2 Å². The third kappa shape index (κ3) is 3.87. The van der Waals surface area contributed by atoms with Gasteiger partial charge >= 0.3 is 6.09 Å². The van der Waals surface area contributed by atoms with Gasteiger partial charge in [-0.1, -0.05) is 30.3 Å². The van der Waals surface area contributed by atoms with Gasteiger partial charge in [-0.05, 0) is 33.5 Å². The highest BCUT2D eigenvalue weighted by Gasteiger charge is 2.45. The SMILES string of the molecule is CC(=O)Nc1n[nH]c2c1CN(C(=O)OC(CN(C)C)c1ccccc1)C2(C)C. The number of hydrogen-bond acceptors (Lipinski definition) is 5. The van der Waals surface area contributed by atoms with Gasteiger partial charge in [-0.25, -0.2) is 4.79 Å². The van der Waals surface area contributed by atoms with Crippen molar-refractivity contribution >= 4 is 17.8 Å². The smallest absolute Gasteiger partial charge is 0.411 e. The summed E-state index contributed by atoms with van der Waals surface area (Å²) >= 11 is 0. The molecule has 2 amide bonds. The second kappa shape index (κ2) is 7.63. The van der Waals surface area contributed by atoms with Crippen LogP contribution >= 0.6 is 0 Å². The number of carbonyl (C=O) groups excluding carboxylic acids is 2. The van der Waals surface area contributed by atoms with Crippen molar-refractivity contribution in [2.45, 2.75) is 39.0 Å². The van der Waals surface area contributed by atoms with Crippen molar-refractivity contribution in [2.24, 2.45) is 0 Å². The fraction of sp³-hybridized carbons (Fsp3) is 0.450. The molecule has 0 fully saturated rings. The van der Waals surface area contributed by atoms with Gasteiger partial charge in [-0.3, -0.25) is 14.8 Å². The summed E-state index contributed by atoms with van der Waals surface area (Å²) in [6, 6.07) is 9.71. The fourth-order valence-corrected chi connectivity index (χ4v) is 3.47. The van der Waals surface area contributed by atoms with Gasteiger partial charge in [0, 0.05) is 19.0 Å². The van der Waals surface area contributed by atoms with Crippen LogP contribution in [-0.4, -0.2) is 52.6 Å². The molecule has 8 nitrogen and oxygen atoms in total. The van der Waals surface area contributed by atoms with E-state index in [9.17, 15) is 9.59 Å². The summed E-state index contributed by atoms with van der Waals surface area (Å²) in [6.07, 6.45) is -0.787. The molecule has 2 N–H and O–H groups in total. The maximum Gasteiger partial charge on any atom is 0.411 e. The average Bonchev–Trinajstić information content (AvgIpc) is 3.13. The molecule has 150 valence electrons. The lowest BCUT2D eigenvalue weighted by Crippen LogP contribution is -2.42. The van der Waals surface area contributed by atoms with E-state index >= 15 is 0 Å². The van der Waals surface area contributed by atoms with Crippen LogP contribution < -0.4 is 5.32 Å². The van der Waals surface area contributed by atoms with Crippen LogP contribution in [0.15, 0.2) is 30.3 Å². The Morgan fingerprint density at radius 1 is 1.32 bits per heavy atom. The molecule has 1 aromatic heterocycles. The summed E-state index contributed by atoms with van der Waals surface area (Å²) in [5.74, 6) is 0.252. The number of likely N-dealkylation sites (N-methyl/N-ethyl adjacent to an activating group) is 1. The highest BCUT2D eigenvalue weighted by atomic mass is 16.6. The van der Waals surface area contributed by atoms with E-state index in [4.69, 9.17) is 4.74 Å². The quantitative estimate of drug-likeness (QED) is 0.826. The number of amides is 2. The number of fused-ring (bicyclic) bond motifs is 1. The van der Waals surface area contributed by atoms with Gasteiger partial charge in [0.15, 0.2) is 5.82 Å². The predicted octanol–water partition coefficient (Wildman–Crippen LogP) is 2.86. The number of aromatic amines is 1. The minimum atomic E-state index is -0.629. The minimum absolute atomic E-state index is 0.205. The zero-order valence-corrected chi connectivity index (χ0v) is 16.9. The first-order valence-corrected chi connectivity index (χ1v) is 9.23. The zero-order valence-electron chi connectivity index (χ0n) is 16.9. The van der Waals surface area contributed by atoms with E-state index in [-0.39, 0.29) is 12.0 Å². The van der Waals surface area contributed by atoms with Crippen molar-refractivity contribution in [3.63, 3.8) is 0 Å². The second-order valence-electron chi connectivity index (χ2n) is 7.80. The molecule has 0 bridgehead atoms. The fourth-order valence-electron chi connectivity index (χ4n) is 3.47. The van der Waals surface area contributed by atoms with Crippen LogP contribution in [0.1, 0.15) is 43.7 Å². The zero-order chi connectivity index (χ0) is 20.5. The van der Waals surface area contributed by atoms with Crippen LogP contribution in [0.2, 0.25) is 0 Å². The lowest BCUT2D eigenvalue weighted by Gasteiger charge is -2.33. The van der Waals surface area contributed by atoms with Gasteiger partial charge in [-0.15, -0.1) is 0 Å². The average molecular weight is 385 g/mol. The molecule has 3 rings (SSSR count). The molecular weight excluding hydrogens is 358 g/mol. The molecule has 0 radical (unpaired) electrons. The van der Waals surface area contributed by atoms with Crippen LogP contribution in [0.25, 0.3) is 0 Å². The van der Waals surface area contributed by atoms with Gasteiger partial charge in [0.2, 0.25) is 5.91 Å². The summed E-state index contributed by atoms with van der Waals surface area (Å²) in [5, 5.41) is 9.84. The van der Waals surface area contributed by atoms with Crippen LogP contribution in [0.4, 0.5) is 10.6 Å².